The molecule has 0 spiro atoms. The summed E-state index contributed by atoms with van der Waals surface area (Å²) in [6, 6.07) is 21.3. The summed E-state index contributed by atoms with van der Waals surface area (Å²) in [6.07, 6.45) is 0. The molecule has 3 aromatic rings. The van der Waals surface area contributed by atoms with E-state index in [2.05, 4.69) is 22.1 Å². The third kappa shape index (κ3) is 6.50. The van der Waals surface area contributed by atoms with Crippen LogP contribution in [0, 0.1) is 6.92 Å². The molecule has 35 heavy (non-hydrogen) atoms. The summed E-state index contributed by atoms with van der Waals surface area (Å²) in [5, 5.41) is 4.68. The summed E-state index contributed by atoms with van der Waals surface area (Å²) in [5.74, 6) is 0.556. The van der Waals surface area contributed by atoms with Crippen LogP contribution in [-0.2, 0) is 20.9 Å². The van der Waals surface area contributed by atoms with E-state index in [4.69, 9.17) is 4.74 Å². The number of carbonyl (C=O) groups is 2. The molecule has 1 amide bonds. The van der Waals surface area contributed by atoms with Gasteiger partial charge in [0.2, 0.25) is 0 Å². The fourth-order valence-electron chi connectivity index (χ4n) is 4.21. The van der Waals surface area contributed by atoms with Crippen molar-refractivity contribution in [3.8, 4) is 0 Å². The molecule has 1 fully saturated rings. The second-order valence-corrected chi connectivity index (χ2v) is 10.4. The Morgan fingerprint density at radius 2 is 1.69 bits per heavy atom. The van der Waals surface area contributed by atoms with Gasteiger partial charge in [-0.25, -0.2) is 0 Å². The van der Waals surface area contributed by atoms with Crippen molar-refractivity contribution >= 4 is 43.5 Å². The molecule has 0 N–H and O–H groups in total. The maximum atomic E-state index is 13.4. The van der Waals surface area contributed by atoms with Gasteiger partial charge in [0, 0.05) is 0 Å². The Kier molecular flexibility index (Phi) is 9.88. The van der Waals surface area contributed by atoms with Gasteiger partial charge in [0.15, 0.2) is 0 Å². The minimum atomic E-state index is -0.656. The normalized spacial score (nSPS) is 16.2. The number of piperazine rings is 1. The van der Waals surface area contributed by atoms with Crippen molar-refractivity contribution in [1.82, 2.24) is 14.7 Å². The van der Waals surface area contributed by atoms with Gasteiger partial charge in [-0.3, -0.25) is 0 Å². The average molecular weight is 669 g/mol. The average Bonchev–Trinajstić information content (AvgIpc) is 3.28. The van der Waals surface area contributed by atoms with Crippen LogP contribution >= 0.6 is 0 Å². The first kappa shape index (κ1) is 26.9. The Bertz CT molecular complexity index is 1100. The molecule has 3 radical (unpaired) electrons. The van der Waals surface area contributed by atoms with E-state index in [1.807, 2.05) is 80.1 Å². The van der Waals surface area contributed by atoms with Gasteiger partial charge in [-0.1, -0.05) is 19.9 Å². The standard InChI is InChI=1S/C25H27N4O3.C2H6.Pb/c1-19-15-23(29(26-19)17-21-11-7-4-8-12-21)27-13-14-28(22(18-27)25(31)32-2)24(30)16-20-9-5-3-6-10-20;1-2;/h3-12,15-16,22H,13-14,17-18H2,1-2H3;1-2H3;. The zero-order valence-electron chi connectivity index (χ0n) is 20.8. The number of methoxy groups -OCH3 is 1. The molecule has 0 saturated carbocycles. The number of benzene rings is 2. The molecule has 2 atom stereocenters. The number of hydrogen-bond acceptors (Lipinski definition) is 5. The van der Waals surface area contributed by atoms with E-state index < -0.39 is 6.04 Å². The number of anilines is 1. The number of amides is 1. The fourth-order valence-corrected chi connectivity index (χ4v) is 5.60. The maximum absolute atomic E-state index is 13.4. The number of nitrogens with zero attached hydrogens (tertiary/aromatic N) is 4. The molecule has 1 aliphatic rings. The topological polar surface area (TPSA) is 67.7 Å². The van der Waals surface area contributed by atoms with Gasteiger partial charge in [-0.05, 0) is 0 Å². The summed E-state index contributed by atoms with van der Waals surface area (Å²) in [5.41, 5.74) is 3.07. The van der Waals surface area contributed by atoms with Gasteiger partial charge in [-0.15, -0.1) is 0 Å². The molecule has 2 unspecified atom stereocenters. The molecule has 0 aliphatic carbocycles. The summed E-state index contributed by atoms with van der Waals surface area (Å²) < 4.78 is 6.87. The summed E-state index contributed by atoms with van der Waals surface area (Å²) in [7, 11) is 1.38. The molecule has 7 nitrogen and oxygen atoms in total. The summed E-state index contributed by atoms with van der Waals surface area (Å²) in [6.45, 7) is 8.07. The Morgan fingerprint density at radius 1 is 1.06 bits per heavy atom. The number of esters is 1. The number of aryl methyl sites for hydroxylation is 1. The van der Waals surface area contributed by atoms with E-state index in [1.54, 1.807) is 4.90 Å². The fraction of sp³-hybridized carbons (Fsp3) is 0.370. The van der Waals surface area contributed by atoms with Crippen LogP contribution in [0.3, 0.4) is 0 Å². The molecule has 1 saturated heterocycles. The van der Waals surface area contributed by atoms with E-state index in [-0.39, 0.29) is 15.4 Å². The predicted octanol–water partition coefficient (Wildman–Crippen LogP) is 3.37. The van der Waals surface area contributed by atoms with Gasteiger partial charge in [0.1, 0.15) is 0 Å². The van der Waals surface area contributed by atoms with E-state index >= 15 is 0 Å². The van der Waals surface area contributed by atoms with Gasteiger partial charge < -0.3 is 0 Å². The predicted molar refractivity (Wildman–Crippen MR) is 139 cm³/mol. The first-order chi connectivity index (χ1) is 17.0. The molecule has 0 bridgehead atoms. The van der Waals surface area contributed by atoms with Crippen LogP contribution in [0.25, 0.3) is 0 Å². The van der Waals surface area contributed by atoms with E-state index in [9.17, 15) is 9.59 Å². The Morgan fingerprint density at radius 3 is 2.31 bits per heavy atom. The van der Waals surface area contributed by atoms with Crippen molar-refractivity contribution in [2.45, 2.75) is 36.8 Å². The Balaban J connectivity index is 0.00000167. The van der Waals surface area contributed by atoms with Crippen molar-refractivity contribution in [2.75, 3.05) is 31.6 Å². The number of ether oxygens (including phenoxy) is 1. The molecule has 4 rings (SSSR count). The van der Waals surface area contributed by atoms with Gasteiger partial charge in [0.25, 0.3) is 0 Å². The first-order valence-corrected chi connectivity index (χ1v) is 14.2. The van der Waals surface area contributed by atoms with Gasteiger partial charge >= 0.3 is 205 Å². The van der Waals surface area contributed by atoms with Crippen LogP contribution in [0.1, 0.15) is 34.1 Å². The van der Waals surface area contributed by atoms with Crippen LogP contribution in [-0.4, -0.2) is 85.1 Å². The van der Waals surface area contributed by atoms with Gasteiger partial charge in [-0.2, -0.15) is 0 Å². The number of aromatic nitrogens is 2. The van der Waals surface area contributed by atoms with Crippen LogP contribution in [0.5, 0.6) is 0 Å². The van der Waals surface area contributed by atoms with Crippen LogP contribution in [0.15, 0.2) is 66.7 Å². The quantitative estimate of drug-likeness (QED) is 0.298. The molecule has 183 valence electrons. The molecule has 1 aliphatic heterocycles. The monoisotopic (exact) mass is 669 g/mol. The Hall–Kier alpha value is -2.69. The SMILES string of the molecule is CC.COC(=O)C1CN(c2cc(C)nn2Cc2ccccc2)CCN1C(=O)[CH]([Pb])c1ccccc1. The third-order valence-electron chi connectivity index (χ3n) is 5.90. The van der Waals surface area contributed by atoms with Crippen molar-refractivity contribution in [1.29, 1.82) is 0 Å². The van der Waals surface area contributed by atoms with Crippen molar-refractivity contribution < 1.29 is 14.3 Å². The van der Waals surface area contributed by atoms with Crippen LogP contribution < -0.4 is 4.90 Å². The minimum absolute atomic E-state index is 0.00288. The zero-order chi connectivity index (χ0) is 25.4. The van der Waals surface area contributed by atoms with E-state index in [1.165, 1.54) is 7.11 Å². The third-order valence-corrected chi connectivity index (χ3v) is 8.15. The first-order valence-electron chi connectivity index (χ1n) is 12.0. The van der Waals surface area contributed by atoms with E-state index in [0.29, 0.717) is 51.9 Å². The number of rotatable bonds is 6. The summed E-state index contributed by atoms with van der Waals surface area (Å²) >= 11 is 0.670. The molecule has 1 aromatic heterocycles. The van der Waals surface area contributed by atoms with Crippen LogP contribution in [0.2, 0.25) is 0 Å². The Labute approximate surface area is 223 Å². The molecule has 8 heteroatoms. The van der Waals surface area contributed by atoms with Crippen molar-refractivity contribution in [3.05, 3.63) is 83.6 Å². The second kappa shape index (κ2) is 12.9. The molecular weight excluding hydrogens is 636 g/mol. The number of hydrogen-bond donors (Lipinski definition) is 0. The van der Waals surface area contributed by atoms with Crippen LogP contribution in [0.4, 0.5) is 5.82 Å². The molecule has 2 heterocycles. The van der Waals surface area contributed by atoms with Crippen molar-refractivity contribution in [3.63, 3.8) is 0 Å². The summed E-state index contributed by atoms with van der Waals surface area (Å²) in [4.78, 5) is 30.0. The van der Waals surface area contributed by atoms with Gasteiger partial charge in [0.05, 0.1) is 0 Å². The number of carbonyl (C=O) groups excluding carboxylic acids is 2. The zero-order valence-corrected chi connectivity index (χ0v) is 24.7. The van der Waals surface area contributed by atoms with E-state index in [0.717, 1.165) is 22.6 Å². The van der Waals surface area contributed by atoms with Crippen molar-refractivity contribution in [2.24, 2.45) is 0 Å². The molecule has 2 aromatic carbocycles. The molecular formula is C27H33N4O3Pb. The second-order valence-electron chi connectivity index (χ2n) is 8.15.